The van der Waals surface area contributed by atoms with Crippen LogP contribution in [-0.2, 0) is 9.59 Å². The van der Waals surface area contributed by atoms with E-state index in [0.717, 1.165) is 6.42 Å². The first-order chi connectivity index (χ1) is 7.04. The number of aliphatic imine (C=N–C) groups is 2. The molecule has 15 heavy (non-hydrogen) atoms. The smallest absolute Gasteiger partial charge is 0.211 e. The molecule has 80 valence electrons. The summed E-state index contributed by atoms with van der Waals surface area (Å²) in [6.07, 6.45) is 3.61. The Morgan fingerprint density at radius 2 is 1.93 bits per heavy atom. The summed E-state index contributed by atoms with van der Waals surface area (Å²) in [5, 5.41) is 0. The molecule has 0 aliphatic carbocycles. The summed E-state index contributed by atoms with van der Waals surface area (Å²) in [6, 6.07) is 2.39. The quantitative estimate of drug-likeness (QED) is 0.399. The summed E-state index contributed by atoms with van der Waals surface area (Å²) in [7, 11) is 0. The molecule has 0 aliphatic rings. The van der Waals surface area contributed by atoms with Crippen LogP contribution in [0.1, 0.15) is 27.2 Å². The molecule has 0 heterocycles. The van der Waals surface area contributed by atoms with Crippen LogP contribution in [0.2, 0.25) is 0 Å². The normalized spacial score (nSPS) is 11.4. The van der Waals surface area contributed by atoms with Crippen LogP contribution in [0.4, 0.5) is 0 Å². The van der Waals surface area contributed by atoms with Gasteiger partial charge in [-0.05, 0) is 26.2 Å². The third kappa shape index (κ3) is 5.59. The molecule has 0 spiro atoms. The van der Waals surface area contributed by atoms with E-state index in [2.05, 4.69) is 21.9 Å². The Bertz CT molecular complexity index is 351. The van der Waals surface area contributed by atoms with Crippen molar-refractivity contribution < 1.29 is 9.59 Å². The maximum absolute atomic E-state index is 9.87. The molecule has 1 atom stereocenters. The van der Waals surface area contributed by atoms with Gasteiger partial charge in [0.05, 0.1) is 6.54 Å². The molecule has 0 rings (SSSR count). The van der Waals surface area contributed by atoms with Gasteiger partial charge in [-0.3, -0.25) is 0 Å². The van der Waals surface area contributed by atoms with Crippen LogP contribution in [-0.4, -0.2) is 18.7 Å². The van der Waals surface area contributed by atoms with Crippen molar-refractivity contribution in [1.29, 1.82) is 0 Å². The minimum absolute atomic E-state index is 0.254. The summed E-state index contributed by atoms with van der Waals surface area (Å²) in [5.74, 6) is 3.12. The number of nitrogens with zero attached hydrogens (tertiary/aromatic N) is 2. The number of carbonyl (C=O) groups excluding carboxylic acids is 2. The molecule has 0 amide bonds. The van der Waals surface area contributed by atoms with Gasteiger partial charge in [-0.15, -0.1) is 4.99 Å². The summed E-state index contributed by atoms with van der Waals surface area (Å²) >= 11 is 0. The zero-order valence-corrected chi connectivity index (χ0v) is 9.20. The standard InChI is InChI=1S/C11H14N2O2/c1-10(4-6-12-8-14)11(2,3)5-7-13-9-15/h10H,4,6H2,1-3H3. The Labute approximate surface area is 89.5 Å². The fourth-order valence-corrected chi connectivity index (χ4v) is 0.983. The van der Waals surface area contributed by atoms with Crippen molar-refractivity contribution in [2.24, 2.45) is 21.3 Å². The molecular formula is C11H14N2O2. The third-order valence-electron chi connectivity index (χ3n) is 2.45. The molecule has 0 fully saturated rings. The van der Waals surface area contributed by atoms with Gasteiger partial charge in [0.25, 0.3) is 0 Å². The van der Waals surface area contributed by atoms with E-state index in [1.165, 1.54) is 12.2 Å². The van der Waals surface area contributed by atoms with Gasteiger partial charge in [0.15, 0.2) is 0 Å². The van der Waals surface area contributed by atoms with Crippen LogP contribution >= 0.6 is 0 Å². The Balaban J connectivity index is 4.38. The van der Waals surface area contributed by atoms with Crippen molar-refractivity contribution in [1.82, 2.24) is 0 Å². The van der Waals surface area contributed by atoms with Crippen molar-refractivity contribution in [3.05, 3.63) is 0 Å². The van der Waals surface area contributed by atoms with Crippen molar-refractivity contribution in [2.75, 3.05) is 6.54 Å². The lowest BCUT2D eigenvalue weighted by Gasteiger charge is -2.25. The first-order valence-electron chi connectivity index (χ1n) is 4.67. The lowest BCUT2D eigenvalue weighted by Crippen LogP contribution is -2.20. The van der Waals surface area contributed by atoms with E-state index in [0.29, 0.717) is 6.54 Å². The van der Waals surface area contributed by atoms with E-state index in [4.69, 9.17) is 0 Å². The van der Waals surface area contributed by atoms with Gasteiger partial charge in [-0.1, -0.05) is 12.8 Å². The molecule has 4 heteroatoms. The van der Waals surface area contributed by atoms with E-state index in [1.54, 1.807) is 0 Å². The van der Waals surface area contributed by atoms with Gasteiger partial charge in [-0.25, -0.2) is 14.6 Å². The molecule has 0 aromatic heterocycles. The van der Waals surface area contributed by atoms with Gasteiger partial charge in [-0.2, -0.15) is 0 Å². The second-order valence-corrected chi connectivity index (χ2v) is 3.82. The summed E-state index contributed by atoms with van der Waals surface area (Å²) < 4.78 is 0. The molecule has 0 aliphatic heterocycles. The zero-order valence-electron chi connectivity index (χ0n) is 9.20. The largest absolute Gasteiger partial charge is 0.249 e. The number of isocyanates is 2. The van der Waals surface area contributed by atoms with E-state index >= 15 is 0 Å². The molecule has 0 aromatic carbocycles. The average molecular weight is 206 g/mol. The van der Waals surface area contributed by atoms with Gasteiger partial charge in [0.1, 0.15) is 0 Å². The molecule has 0 radical (unpaired) electrons. The molecule has 0 N–H and O–H groups in total. The van der Waals surface area contributed by atoms with Crippen molar-refractivity contribution >= 4 is 12.2 Å². The molecule has 0 saturated carbocycles. The SMILES string of the molecule is CC(CCN=C=O)C(C)(C)C#CN=C=O. The topological polar surface area (TPSA) is 58.9 Å². The summed E-state index contributed by atoms with van der Waals surface area (Å²) in [6.45, 7) is 6.37. The Hall–Kier alpha value is -1.68. The van der Waals surface area contributed by atoms with Crippen molar-refractivity contribution in [3.63, 3.8) is 0 Å². The predicted molar refractivity (Wildman–Crippen MR) is 56.4 cm³/mol. The fraction of sp³-hybridized carbons (Fsp3) is 0.636. The Morgan fingerprint density at radius 3 is 2.47 bits per heavy atom. The highest BCUT2D eigenvalue weighted by atomic mass is 16.1. The maximum Gasteiger partial charge on any atom is 0.249 e. The summed E-state index contributed by atoms with van der Waals surface area (Å²) in [5.41, 5.74) is -0.265. The zero-order chi connectivity index (χ0) is 11.7. The number of rotatable bonds is 4. The van der Waals surface area contributed by atoms with Crippen molar-refractivity contribution in [3.8, 4) is 12.0 Å². The average Bonchev–Trinajstić information content (AvgIpc) is 2.18. The molecule has 1 unspecified atom stereocenters. The highest BCUT2D eigenvalue weighted by Gasteiger charge is 2.22. The van der Waals surface area contributed by atoms with E-state index in [9.17, 15) is 9.59 Å². The minimum Gasteiger partial charge on any atom is -0.211 e. The van der Waals surface area contributed by atoms with Gasteiger partial charge in [0.2, 0.25) is 12.2 Å². The first-order valence-corrected chi connectivity index (χ1v) is 4.67. The van der Waals surface area contributed by atoms with Crippen LogP contribution in [0, 0.1) is 23.3 Å². The van der Waals surface area contributed by atoms with E-state index < -0.39 is 0 Å². The predicted octanol–water partition coefficient (Wildman–Crippen LogP) is 1.67. The molecular weight excluding hydrogens is 192 g/mol. The number of hydrogen-bond donors (Lipinski definition) is 0. The minimum atomic E-state index is -0.265. The monoisotopic (exact) mass is 206 g/mol. The van der Waals surface area contributed by atoms with E-state index in [1.807, 2.05) is 20.8 Å². The van der Waals surface area contributed by atoms with Gasteiger partial charge in [0, 0.05) is 11.5 Å². The van der Waals surface area contributed by atoms with Crippen LogP contribution in [0.25, 0.3) is 0 Å². The Kier molecular flexibility index (Phi) is 5.97. The third-order valence-corrected chi connectivity index (χ3v) is 2.45. The second kappa shape index (κ2) is 6.73. The van der Waals surface area contributed by atoms with Gasteiger partial charge < -0.3 is 0 Å². The van der Waals surface area contributed by atoms with Crippen LogP contribution in [0.15, 0.2) is 9.98 Å². The maximum atomic E-state index is 9.87. The molecule has 0 aromatic rings. The fourth-order valence-electron chi connectivity index (χ4n) is 0.983. The second-order valence-electron chi connectivity index (χ2n) is 3.82. The lowest BCUT2D eigenvalue weighted by atomic mass is 9.79. The molecule has 0 saturated heterocycles. The van der Waals surface area contributed by atoms with Gasteiger partial charge >= 0.3 is 0 Å². The highest BCUT2D eigenvalue weighted by molar-refractivity contribution is 5.36. The molecule has 4 nitrogen and oxygen atoms in total. The van der Waals surface area contributed by atoms with Crippen molar-refractivity contribution in [2.45, 2.75) is 27.2 Å². The molecule has 0 bridgehead atoms. The lowest BCUT2D eigenvalue weighted by molar-refractivity contribution is 0.307. The van der Waals surface area contributed by atoms with E-state index in [-0.39, 0.29) is 11.3 Å². The number of hydrogen-bond acceptors (Lipinski definition) is 4. The Morgan fingerprint density at radius 1 is 1.27 bits per heavy atom. The first kappa shape index (κ1) is 13.3. The van der Waals surface area contributed by atoms with Crippen LogP contribution < -0.4 is 0 Å². The highest BCUT2D eigenvalue weighted by Crippen LogP contribution is 2.28. The van der Waals surface area contributed by atoms with Crippen LogP contribution in [0.3, 0.4) is 0 Å². The van der Waals surface area contributed by atoms with Crippen LogP contribution in [0.5, 0.6) is 0 Å². The summed E-state index contributed by atoms with van der Waals surface area (Å²) in [4.78, 5) is 26.4.